The van der Waals surface area contributed by atoms with Crippen molar-refractivity contribution in [2.75, 3.05) is 0 Å². The first-order valence-corrected chi connectivity index (χ1v) is 6.40. The second kappa shape index (κ2) is 3.82. The van der Waals surface area contributed by atoms with Crippen LogP contribution in [0.15, 0.2) is 33.7 Å². The van der Waals surface area contributed by atoms with E-state index in [-0.39, 0.29) is 5.54 Å². The second-order valence-corrected chi connectivity index (χ2v) is 6.29. The Hall–Kier alpha value is -0.870. The van der Waals surface area contributed by atoms with Crippen LogP contribution in [0.5, 0.6) is 0 Å². The first kappa shape index (κ1) is 12.6. The fourth-order valence-corrected chi connectivity index (χ4v) is 2.02. The zero-order valence-electron chi connectivity index (χ0n) is 10.5. The van der Waals surface area contributed by atoms with E-state index >= 15 is 0 Å². The van der Waals surface area contributed by atoms with E-state index in [4.69, 9.17) is 0 Å². The predicted octanol–water partition coefficient (Wildman–Crippen LogP) is 3.46. The smallest absolute Gasteiger partial charge is 0.156 e. The van der Waals surface area contributed by atoms with Gasteiger partial charge in [-0.2, -0.15) is 0 Å². The zero-order chi connectivity index (χ0) is 12.8. The highest BCUT2D eigenvalue weighted by Crippen LogP contribution is 2.37. The van der Waals surface area contributed by atoms with Gasteiger partial charge < -0.3 is 0 Å². The summed E-state index contributed by atoms with van der Waals surface area (Å²) in [5.41, 5.74) is 0.203. The molecule has 0 saturated heterocycles. The maximum absolute atomic E-state index is 10.3. The van der Waals surface area contributed by atoms with Gasteiger partial charge in [0.05, 0.1) is 11.1 Å². The molecule has 1 aliphatic rings. The van der Waals surface area contributed by atoms with Crippen LogP contribution >= 0.6 is 15.9 Å². The molecule has 1 aliphatic heterocycles. The van der Waals surface area contributed by atoms with Crippen LogP contribution < -0.4 is 0 Å². The molecule has 3 nitrogen and oxygen atoms in total. The molecule has 4 heteroatoms. The number of hydroxylamine groups is 2. The monoisotopic (exact) mass is 296 g/mol. The van der Waals surface area contributed by atoms with E-state index in [2.05, 4.69) is 20.9 Å². The van der Waals surface area contributed by atoms with Crippen molar-refractivity contribution in [3.05, 3.63) is 34.3 Å². The minimum atomic E-state index is -0.407. The third-order valence-electron chi connectivity index (χ3n) is 3.72. The van der Waals surface area contributed by atoms with Crippen molar-refractivity contribution in [1.29, 1.82) is 0 Å². The molecule has 0 aliphatic carbocycles. The Kier molecular flexibility index (Phi) is 2.83. The molecule has 0 bridgehead atoms. The van der Waals surface area contributed by atoms with Gasteiger partial charge in [-0.25, -0.2) is 5.06 Å². The summed E-state index contributed by atoms with van der Waals surface area (Å²) in [5.74, 6) is 0.632. The summed E-state index contributed by atoms with van der Waals surface area (Å²) in [6, 6.07) is 7.79. The number of amidine groups is 1. The van der Waals surface area contributed by atoms with Crippen LogP contribution in [0.1, 0.15) is 33.3 Å². The van der Waals surface area contributed by atoms with Crippen molar-refractivity contribution in [2.45, 2.75) is 38.8 Å². The Labute approximate surface area is 110 Å². The average molecular weight is 297 g/mol. The number of aliphatic imine (C=N–C) groups is 1. The maximum atomic E-state index is 10.3. The molecule has 1 N–H and O–H groups in total. The second-order valence-electron chi connectivity index (χ2n) is 5.37. The van der Waals surface area contributed by atoms with Crippen molar-refractivity contribution in [3.8, 4) is 0 Å². The summed E-state index contributed by atoms with van der Waals surface area (Å²) >= 11 is 3.40. The van der Waals surface area contributed by atoms with Crippen LogP contribution in [-0.2, 0) is 0 Å². The van der Waals surface area contributed by atoms with Gasteiger partial charge in [-0.1, -0.05) is 28.1 Å². The van der Waals surface area contributed by atoms with E-state index in [0.717, 1.165) is 10.0 Å². The van der Waals surface area contributed by atoms with E-state index in [1.165, 1.54) is 5.06 Å². The van der Waals surface area contributed by atoms with Crippen LogP contribution in [-0.4, -0.2) is 27.2 Å². The Bertz CT molecular complexity index is 463. The fourth-order valence-electron chi connectivity index (χ4n) is 1.76. The number of hydrogen-bond acceptors (Lipinski definition) is 3. The van der Waals surface area contributed by atoms with Gasteiger partial charge in [0.1, 0.15) is 0 Å². The van der Waals surface area contributed by atoms with E-state index in [1.807, 2.05) is 52.0 Å². The predicted molar refractivity (Wildman–Crippen MR) is 72.5 cm³/mol. The Morgan fingerprint density at radius 2 is 1.65 bits per heavy atom. The first-order chi connectivity index (χ1) is 7.75. The van der Waals surface area contributed by atoms with Gasteiger partial charge in [0.2, 0.25) is 0 Å². The summed E-state index contributed by atoms with van der Waals surface area (Å²) in [5, 5.41) is 11.5. The molecule has 17 heavy (non-hydrogen) atoms. The number of hydrogen-bond donors (Lipinski definition) is 1. The highest BCUT2D eigenvalue weighted by atomic mass is 79.9. The summed E-state index contributed by atoms with van der Waals surface area (Å²) < 4.78 is 1.02. The van der Waals surface area contributed by atoms with Gasteiger partial charge in [-0.05, 0) is 39.8 Å². The van der Waals surface area contributed by atoms with Crippen molar-refractivity contribution in [1.82, 2.24) is 5.06 Å². The molecule has 2 rings (SSSR count). The number of rotatable bonds is 1. The van der Waals surface area contributed by atoms with Crippen LogP contribution in [0.25, 0.3) is 0 Å². The Balaban J connectivity index is 2.45. The van der Waals surface area contributed by atoms with Gasteiger partial charge in [0, 0.05) is 10.0 Å². The largest absolute Gasteiger partial charge is 0.286 e. The van der Waals surface area contributed by atoms with E-state index in [9.17, 15) is 5.21 Å². The number of halogens is 1. The molecule has 0 spiro atoms. The lowest BCUT2D eigenvalue weighted by Crippen LogP contribution is -2.51. The molecule has 0 fully saturated rings. The topological polar surface area (TPSA) is 35.8 Å². The highest BCUT2D eigenvalue weighted by molar-refractivity contribution is 9.10. The molecule has 1 aromatic rings. The first-order valence-electron chi connectivity index (χ1n) is 5.60. The summed E-state index contributed by atoms with van der Waals surface area (Å²) in [4.78, 5) is 4.63. The van der Waals surface area contributed by atoms with Gasteiger partial charge >= 0.3 is 0 Å². The lowest BCUT2D eigenvalue weighted by atomic mass is 9.84. The van der Waals surface area contributed by atoms with Crippen LogP contribution in [0.3, 0.4) is 0 Å². The van der Waals surface area contributed by atoms with Crippen molar-refractivity contribution in [2.24, 2.45) is 4.99 Å². The number of benzene rings is 1. The molecule has 0 atom stereocenters. The zero-order valence-corrected chi connectivity index (χ0v) is 12.1. The van der Waals surface area contributed by atoms with E-state index < -0.39 is 5.54 Å². The molecule has 0 aromatic heterocycles. The van der Waals surface area contributed by atoms with Gasteiger partial charge in [0.15, 0.2) is 5.84 Å². The normalized spacial score (nSPS) is 21.5. The third kappa shape index (κ3) is 1.89. The van der Waals surface area contributed by atoms with E-state index in [1.54, 1.807) is 0 Å². The molecule has 1 aromatic carbocycles. The van der Waals surface area contributed by atoms with Crippen molar-refractivity contribution in [3.63, 3.8) is 0 Å². The molecular formula is C13H17BrN2O. The maximum Gasteiger partial charge on any atom is 0.156 e. The van der Waals surface area contributed by atoms with Gasteiger partial charge in [-0.3, -0.25) is 10.2 Å². The molecule has 0 amide bonds. The summed E-state index contributed by atoms with van der Waals surface area (Å²) in [7, 11) is 0. The highest BCUT2D eigenvalue weighted by Gasteiger charge is 2.49. The quantitative estimate of drug-likeness (QED) is 0.861. The SMILES string of the molecule is CC1(C)N=C(c2ccc(Br)cc2)N(O)C1(C)C. The van der Waals surface area contributed by atoms with Crippen LogP contribution in [0.2, 0.25) is 0 Å². The van der Waals surface area contributed by atoms with Gasteiger partial charge in [0.25, 0.3) is 0 Å². The third-order valence-corrected chi connectivity index (χ3v) is 4.24. The molecule has 0 unspecified atom stereocenters. The van der Waals surface area contributed by atoms with Crippen LogP contribution in [0, 0.1) is 0 Å². The summed E-state index contributed by atoms with van der Waals surface area (Å²) in [6.45, 7) is 8.04. The van der Waals surface area contributed by atoms with Crippen molar-refractivity contribution < 1.29 is 5.21 Å². The van der Waals surface area contributed by atoms with Gasteiger partial charge in [-0.15, -0.1) is 0 Å². The molecular weight excluding hydrogens is 280 g/mol. The standard InChI is InChI=1S/C13H17BrN2O/c1-12(2)13(3,4)16(17)11(15-12)9-5-7-10(14)8-6-9/h5-8,17H,1-4H3. The minimum Gasteiger partial charge on any atom is -0.286 e. The molecule has 92 valence electrons. The molecule has 0 radical (unpaired) electrons. The van der Waals surface area contributed by atoms with Crippen LogP contribution in [0.4, 0.5) is 0 Å². The summed E-state index contributed by atoms with van der Waals surface area (Å²) in [6.07, 6.45) is 0. The minimum absolute atomic E-state index is 0.315. The Morgan fingerprint density at radius 3 is 2.06 bits per heavy atom. The average Bonchev–Trinajstić information content (AvgIpc) is 2.40. The fraction of sp³-hybridized carbons (Fsp3) is 0.462. The van der Waals surface area contributed by atoms with E-state index in [0.29, 0.717) is 5.84 Å². The number of nitrogens with zero attached hydrogens (tertiary/aromatic N) is 2. The Morgan fingerprint density at radius 1 is 1.12 bits per heavy atom. The lowest BCUT2D eigenvalue weighted by molar-refractivity contribution is -0.0992. The lowest BCUT2D eigenvalue weighted by Gasteiger charge is -2.36. The van der Waals surface area contributed by atoms with Crippen molar-refractivity contribution >= 4 is 21.8 Å². The molecule has 0 saturated carbocycles. The molecule has 1 heterocycles.